The summed E-state index contributed by atoms with van der Waals surface area (Å²) in [6.07, 6.45) is 1.86. The lowest BCUT2D eigenvalue weighted by Gasteiger charge is -2.22. The number of rotatable bonds is 8. The Hall–Kier alpha value is -1.56. The minimum atomic E-state index is -0.290. The Balaban J connectivity index is 1.93. The summed E-state index contributed by atoms with van der Waals surface area (Å²) < 4.78 is 0. The Morgan fingerprint density at radius 2 is 2.04 bits per heavy atom. The normalized spacial score (nSPS) is 10.5. The van der Waals surface area contributed by atoms with E-state index in [9.17, 15) is 9.59 Å². The van der Waals surface area contributed by atoms with Crippen LogP contribution >= 0.6 is 34.5 Å². The van der Waals surface area contributed by atoms with Crippen LogP contribution in [-0.4, -0.2) is 29.8 Å². The Morgan fingerprint density at radius 3 is 2.72 bits per heavy atom. The first-order valence-electron chi connectivity index (χ1n) is 8.03. The van der Waals surface area contributed by atoms with E-state index in [2.05, 4.69) is 5.32 Å². The lowest BCUT2D eigenvalue weighted by molar-refractivity contribution is -0.134. The van der Waals surface area contributed by atoms with Gasteiger partial charge in [-0.1, -0.05) is 30.1 Å². The van der Waals surface area contributed by atoms with Gasteiger partial charge in [-0.15, -0.1) is 0 Å². The summed E-state index contributed by atoms with van der Waals surface area (Å²) in [5, 5.41) is 7.63. The van der Waals surface area contributed by atoms with Crippen LogP contribution in [0.25, 0.3) is 0 Å². The van der Waals surface area contributed by atoms with Crippen LogP contribution in [0.3, 0.4) is 0 Å². The van der Waals surface area contributed by atoms with Crippen molar-refractivity contribution in [2.24, 2.45) is 0 Å². The minimum absolute atomic E-state index is 0.000841. The molecule has 4 nitrogen and oxygen atoms in total. The topological polar surface area (TPSA) is 49.4 Å². The molecule has 0 atom stereocenters. The fourth-order valence-corrected chi connectivity index (χ4v) is 3.40. The Labute approximate surface area is 161 Å². The van der Waals surface area contributed by atoms with E-state index in [-0.39, 0.29) is 18.4 Å². The van der Waals surface area contributed by atoms with Crippen molar-refractivity contribution in [2.45, 2.75) is 26.2 Å². The molecule has 2 rings (SSSR count). The van der Waals surface area contributed by atoms with E-state index >= 15 is 0 Å². The summed E-state index contributed by atoms with van der Waals surface area (Å²) in [6.45, 7) is 2.52. The average molecular weight is 399 g/mol. The van der Waals surface area contributed by atoms with E-state index in [1.807, 2.05) is 23.8 Å². The molecule has 1 aromatic heterocycles. The molecule has 134 valence electrons. The number of benzene rings is 1. The minimum Gasteiger partial charge on any atom is -0.333 e. The van der Waals surface area contributed by atoms with E-state index < -0.39 is 0 Å². The number of amides is 2. The van der Waals surface area contributed by atoms with Gasteiger partial charge in [-0.25, -0.2) is 0 Å². The molecule has 0 radical (unpaired) electrons. The van der Waals surface area contributed by atoms with Crippen LogP contribution in [0.2, 0.25) is 10.0 Å². The number of halogens is 2. The molecule has 7 heteroatoms. The SMILES string of the molecule is CCCN(CC(=O)Nc1cc(Cl)ccc1Cl)C(=O)CCc1ccsc1. The van der Waals surface area contributed by atoms with Gasteiger partial charge in [0.1, 0.15) is 0 Å². The van der Waals surface area contributed by atoms with Crippen LogP contribution in [0.15, 0.2) is 35.0 Å². The van der Waals surface area contributed by atoms with Crippen molar-refractivity contribution in [3.63, 3.8) is 0 Å². The van der Waals surface area contributed by atoms with Crippen molar-refractivity contribution < 1.29 is 9.59 Å². The molecule has 1 N–H and O–H groups in total. The average Bonchev–Trinajstić information content (AvgIpc) is 3.09. The quantitative estimate of drug-likeness (QED) is 0.689. The maximum absolute atomic E-state index is 12.4. The number of carbonyl (C=O) groups excluding carboxylic acids is 2. The highest BCUT2D eigenvalue weighted by Gasteiger charge is 2.17. The smallest absolute Gasteiger partial charge is 0.244 e. The second-order valence-corrected chi connectivity index (χ2v) is 7.24. The molecule has 0 aliphatic heterocycles. The van der Waals surface area contributed by atoms with Gasteiger partial charge in [-0.3, -0.25) is 9.59 Å². The molecule has 1 heterocycles. The molecule has 0 saturated carbocycles. The van der Waals surface area contributed by atoms with Crippen LogP contribution in [0, 0.1) is 0 Å². The van der Waals surface area contributed by atoms with Crippen LogP contribution in [0.1, 0.15) is 25.3 Å². The van der Waals surface area contributed by atoms with Gasteiger partial charge in [0.2, 0.25) is 11.8 Å². The zero-order valence-electron chi connectivity index (χ0n) is 13.9. The molecule has 25 heavy (non-hydrogen) atoms. The summed E-state index contributed by atoms with van der Waals surface area (Å²) in [7, 11) is 0. The third kappa shape index (κ3) is 6.34. The number of nitrogens with zero attached hydrogens (tertiary/aromatic N) is 1. The number of nitrogens with one attached hydrogen (secondary N) is 1. The van der Waals surface area contributed by atoms with Crippen molar-refractivity contribution in [1.82, 2.24) is 4.90 Å². The fourth-order valence-electron chi connectivity index (χ4n) is 2.36. The summed E-state index contributed by atoms with van der Waals surface area (Å²) in [6, 6.07) is 6.87. The first kappa shape index (κ1) is 19.8. The highest BCUT2D eigenvalue weighted by atomic mass is 35.5. The molecule has 0 spiro atoms. The van der Waals surface area contributed by atoms with Gasteiger partial charge < -0.3 is 10.2 Å². The fraction of sp³-hybridized carbons (Fsp3) is 0.333. The summed E-state index contributed by atoms with van der Waals surface area (Å²) in [5.74, 6) is -0.318. The summed E-state index contributed by atoms with van der Waals surface area (Å²) in [5.41, 5.74) is 1.59. The van der Waals surface area contributed by atoms with Crippen LogP contribution in [0.4, 0.5) is 5.69 Å². The predicted molar refractivity (Wildman–Crippen MR) is 105 cm³/mol. The van der Waals surface area contributed by atoms with Crippen molar-refractivity contribution in [3.05, 3.63) is 50.6 Å². The molecule has 0 fully saturated rings. The predicted octanol–water partition coefficient (Wildman–Crippen LogP) is 4.86. The van der Waals surface area contributed by atoms with Gasteiger partial charge >= 0.3 is 0 Å². The zero-order valence-corrected chi connectivity index (χ0v) is 16.3. The van der Waals surface area contributed by atoms with E-state index in [1.165, 1.54) is 0 Å². The monoisotopic (exact) mass is 398 g/mol. The van der Waals surface area contributed by atoms with E-state index in [0.29, 0.717) is 35.1 Å². The number of thiophene rings is 1. The molecular formula is C18H20Cl2N2O2S. The maximum Gasteiger partial charge on any atom is 0.244 e. The lowest BCUT2D eigenvalue weighted by atomic mass is 10.2. The van der Waals surface area contributed by atoms with E-state index in [4.69, 9.17) is 23.2 Å². The molecule has 0 aliphatic carbocycles. The highest BCUT2D eigenvalue weighted by Crippen LogP contribution is 2.25. The number of anilines is 1. The third-order valence-electron chi connectivity index (χ3n) is 3.59. The van der Waals surface area contributed by atoms with Crippen LogP contribution in [-0.2, 0) is 16.0 Å². The van der Waals surface area contributed by atoms with Gasteiger partial charge in [0, 0.05) is 18.0 Å². The first-order chi connectivity index (χ1) is 12.0. The van der Waals surface area contributed by atoms with E-state index in [0.717, 1.165) is 12.0 Å². The first-order valence-corrected chi connectivity index (χ1v) is 9.73. The molecule has 0 saturated heterocycles. The number of aryl methyl sites for hydroxylation is 1. The third-order valence-corrected chi connectivity index (χ3v) is 4.89. The number of carbonyl (C=O) groups is 2. The number of hydrogen-bond acceptors (Lipinski definition) is 3. The Kier molecular flexibility index (Phi) is 7.75. The van der Waals surface area contributed by atoms with Gasteiger partial charge in [-0.2, -0.15) is 11.3 Å². The molecule has 0 unspecified atom stereocenters. The lowest BCUT2D eigenvalue weighted by Crippen LogP contribution is -2.38. The van der Waals surface area contributed by atoms with Crippen molar-refractivity contribution in [1.29, 1.82) is 0 Å². The van der Waals surface area contributed by atoms with Crippen molar-refractivity contribution in [3.8, 4) is 0 Å². The molecular weight excluding hydrogens is 379 g/mol. The van der Waals surface area contributed by atoms with Gasteiger partial charge in [0.05, 0.1) is 17.3 Å². The Morgan fingerprint density at radius 1 is 1.24 bits per heavy atom. The Bertz CT molecular complexity index is 720. The van der Waals surface area contributed by atoms with Crippen LogP contribution in [0.5, 0.6) is 0 Å². The molecule has 2 amide bonds. The molecule has 0 bridgehead atoms. The zero-order chi connectivity index (χ0) is 18.2. The molecule has 1 aromatic carbocycles. The molecule has 0 aliphatic rings. The van der Waals surface area contributed by atoms with Crippen LogP contribution < -0.4 is 5.32 Å². The number of hydrogen-bond donors (Lipinski definition) is 1. The van der Waals surface area contributed by atoms with Gasteiger partial charge in [0.25, 0.3) is 0 Å². The second kappa shape index (κ2) is 9.80. The maximum atomic E-state index is 12.4. The summed E-state index contributed by atoms with van der Waals surface area (Å²) >= 11 is 13.6. The largest absolute Gasteiger partial charge is 0.333 e. The highest BCUT2D eigenvalue weighted by molar-refractivity contribution is 7.07. The van der Waals surface area contributed by atoms with E-state index in [1.54, 1.807) is 34.4 Å². The standard InChI is InChI=1S/C18H20Cl2N2O2S/c1-2-8-22(18(24)6-3-13-7-9-25-12-13)11-17(23)21-16-10-14(19)4-5-15(16)20/h4-5,7,9-10,12H,2-3,6,8,11H2,1H3,(H,21,23). The summed E-state index contributed by atoms with van der Waals surface area (Å²) in [4.78, 5) is 26.3. The van der Waals surface area contributed by atoms with Crippen molar-refractivity contribution in [2.75, 3.05) is 18.4 Å². The van der Waals surface area contributed by atoms with Crippen molar-refractivity contribution >= 4 is 52.0 Å². The van der Waals surface area contributed by atoms with Gasteiger partial charge in [-0.05, 0) is 53.4 Å². The second-order valence-electron chi connectivity index (χ2n) is 5.62. The molecule has 2 aromatic rings. The van der Waals surface area contributed by atoms with Gasteiger partial charge in [0.15, 0.2) is 0 Å².